The number of hydrogen-bond acceptors (Lipinski definition) is 3. The van der Waals surface area contributed by atoms with E-state index in [1.807, 2.05) is 30.3 Å². The van der Waals surface area contributed by atoms with Crippen LogP contribution in [0.1, 0.15) is 5.56 Å². The van der Waals surface area contributed by atoms with E-state index in [1.165, 1.54) is 6.21 Å². The van der Waals surface area contributed by atoms with E-state index in [1.54, 1.807) is 0 Å². The fourth-order valence-corrected chi connectivity index (χ4v) is 1.28. The lowest BCUT2D eigenvalue weighted by atomic mass is 10.1. The van der Waals surface area contributed by atoms with Crippen molar-refractivity contribution in [3.8, 4) is 5.75 Å². The molecule has 3 nitrogen and oxygen atoms in total. The van der Waals surface area contributed by atoms with Crippen molar-refractivity contribution in [3.05, 3.63) is 35.4 Å². The monoisotopic (exact) mass is 175 g/mol. The Kier molecular flexibility index (Phi) is 2.00. The van der Waals surface area contributed by atoms with Gasteiger partial charge in [-0.15, -0.1) is 0 Å². The van der Waals surface area contributed by atoms with Crippen LogP contribution in [0.4, 0.5) is 0 Å². The van der Waals surface area contributed by atoms with Gasteiger partial charge in [0, 0.05) is 11.1 Å². The molecule has 1 heterocycles. The Morgan fingerprint density at radius 1 is 1.38 bits per heavy atom. The average molecular weight is 175 g/mol. The average Bonchev–Trinajstić information content (AvgIpc) is 2.18. The summed E-state index contributed by atoms with van der Waals surface area (Å²) in [5.41, 5.74) is 1.88. The zero-order chi connectivity index (χ0) is 9.10. The minimum Gasteiger partial charge on any atom is -0.488 e. The number of benzene rings is 1. The van der Waals surface area contributed by atoms with Crippen molar-refractivity contribution < 1.29 is 9.94 Å². The minimum absolute atomic E-state index is 0.459. The van der Waals surface area contributed by atoms with Gasteiger partial charge in [0.05, 0.1) is 6.21 Å². The molecule has 0 aromatic heterocycles. The van der Waals surface area contributed by atoms with Crippen LogP contribution in [0.15, 0.2) is 35.0 Å². The molecule has 1 aromatic rings. The lowest BCUT2D eigenvalue weighted by molar-refractivity contribution is 0.319. The van der Waals surface area contributed by atoms with Gasteiger partial charge in [-0.3, -0.25) is 0 Å². The van der Waals surface area contributed by atoms with E-state index in [0.29, 0.717) is 6.61 Å². The molecular weight excluding hydrogens is 166 g/mol. The molecule has 0 atom stereocenters. The molecule has 0 unspecified atom stereocenters. The van der Waals surface area contributed by atoms with Crippen molar-refractivity contribution in [1.82, 2.24) is 0 Å². The highest BCUT2D eigenvalue weighted by molar-refractivity contribution is 5.87. The predicted octanol–water partition coefficient (Wildman–Crippen LogP) is 1.92. The summed E-state index contributed by atoms with van der Waals surface area (Å²) in [4.78, 5) is 0. The van der Waals surface area contributed by atoms with Gasteiger partial charge < -0.3 is 9.94 Å². The summed E-state index contributed by atoms with van der Waals surface area (Å²) >= 11 is 0. The van der Waals surface area contributed by atoms with Gasteiger partial charge in [0.1, 0.15) is 12.4 Å². The topological polar surface area (TPSA) is 41.8 Å². The van der Waals surface area contributed by atoms with Gasteiger partial charge in [0.25, 0.3) is 0 Å². The Morgan fingerprint density at radius 3 is 3.08 bits per heavy atom. The van der Waals surface area contributed by atoms with E-state index in [-0.39, 0.29) is 0 Å². The summed E-state index contributed by atoms with van der Waals surface area (Å²) < 4.78 is 5.42. The maximum atomic E-state index is 8.34. The molecule has 0 fully saturated rings. The van der Waals surface area contributed by atoms with E-state index in [2.05, 4.69) is 5.16 Å². The second-order valence-corrected chi connectivity index (χ2v) is 2.79. The molecule has 3 heteroatoms. The van der Waals surface area contributed by atoms with Gasteiger partial charge in [-0.25, -0.2) is 0 Å². The van der Waals surface area contributed by atoms with Crippen LogP contribution in [0.25, 0.3) is 6.08 Å². The summed E-state index contributed by atoms with van der Waals surface area (Å²) in [6.07, 6.45) is 3.33. The molecule has 0 spiro atoms. The summed E-state index contributed by atoms with van der Waals surface area (Å²) in [6, 6.07) is 7.74. The number of rotatable bonds is 1. The standard InChI is InChI=1S/C10H9NO2/c12-11-6-8-5-9-3-1-2-4-10(9)13-7-8/h1-6,12H,7H2. The first-order valence-corrected chi connectivity index (χ1v) is 4.00. The van der Waals surface area contributed by atoms with Crippen molar-refractivity contribution >= 4 is 12.3 Å². The zero-order valence-corrected chi connectivity index (χ0v) is 6.97. The van der Waals surface area contributed by atoms with E-state index in [9.17, 15) is 0 Å². The second-order valence-electron chi connectivity index (χ2n) is 2.79. The molecule has 1 aliphatic rings. The van der Waals surface area contributed by atoms with Crippen LogP contribution in [0.5, 0.6) is 5.75 Å². The molecule has 0 aliphatic carbocycles. The SMILES string of the molecule is ON=CC1=Cc2ccccc2OC1. The van der Waals surface area contributed by atoms with Crippen molar-refractivity contribution in [1.29, 1.82) is 0 Å². The van der Waals surface area contributed by atoms with Gasteiger partial charge in [0.2, 0.25) is 0 Å². The summed E-state index contributed by atoms with van der Waals surface area (Å²) in [7, 11) is 0. The first-order valence-electron chi connectivity index (χ1n) is 4.00. The number of ether oxygens (including phenoxy) is 1. The quantitative estimate of drug-likeness (QED) is 0.402. The fraction of sp³-hybridized carbons (Fsp3) is 0.100. The van der Waals surface area contributed by atoms with Gasteiger partial charge in [-0.1, -0.05) is 23.4 Å². The molecule has 0 saturated carbocycles. The van der Waals surface area contributed by atoms with Crippen LogP contribution in [0.2, 0.25) is 0 Å². The molecule has 2 rings (SSSR count). The molecule has 1 N–H and O–H groups in total. The summed E-state index contributed by atoms with van der Waals surface area (Å²) in [5, 5.41) is 11.3. The lowest BCUT2D eigenvalue weighted by Gasteiger charge is -2.14. The largest absolute Gasteiger partial charge is 0.488 e. The van der Waals surface area contributed by atoms with Gasteiger partial charge in [0.15, 0.2) is 0 Å². The van der Waals surface area contributed by atoms with Gasteiger partial charge in [-0.2, -0.15) is 0 Å². The van der Waals surface area contributed by atoms with Crippen LogP contribution in [0.3, 0.4) is 0 Å². The summed E-state index contributed by atoms with van der Waals surface area (Å²) in [6.45, 7) is 0.459. The Labute approximate surface area is 76.0 Å². The normalized spacial score (nSPS) is 14.9. The molecule has 1 aromatic carbocycles. The van der Waals surface area contributed by atoms with E-state index < -0.39 is 0 Å². The molecule has 0 amide bonds. The van der Waals surface area contributed by atoms with E-state index >= 15 is 0 Å². The Morgan fingerprint density at radius 2 is 2.23 bits per heavy atom. The second kappa shape index (κ2) is 3.31. The highest BCUT2D eigenvalue weighted by Crippen LogP contribution is 2.24. The van der Waals surface area contributed by atoms with Crippen molar-refractivity contribution in [2.75, 3.05) is 6.61 Å². The molecule has 0 bridgehead atoms. The highest BCUT2D eigenvalue weighted by Gasteiger charge is 2.08. The third-order valence-corrected chi connectivity index (χ3v) is 1.88. The molecule has 66 valence electrons. The molecule has 0 radical (unpaired) electrons. The third-order valence-electron chi connectivity index (χ3n) is 1.88. The van der Waals surface area contributed by atoms with Crippen molar-refractivity contribution in [2.24, 2.45) is 5.16 Å². The number of oxime groups is 1. The zero-order valence-electron chi connectivity index (χ0n) is 6.97. The fourth-order valence-electron chi connectivity index (χ4n) is 1.28. The Hall–Kier alpha value is -1.77. The first kappa shape index (κ1) is 7.86. The summed E-state index contributed by atoms with van der Waals surface area (Å²) in [5.74, 6) is 0.873. The molecule has 0 saturated heterocycles. The Balaban J connectivity index is 2.38. The van der Waals surface area contributed by atoms with Crippen LogP contribution in [-0.2, 0) is 0 Å². The van der Waals surface area contributed by atoms with Crippen LogP contribution in [0, 0.1) is 0 Å². The van der Waals surface area contributed by atoms with E-state index in [0.717, 1.165) is 16.9 Å². The molecular formula is C10H9NO2. The Bertz CT molecular complexity index is 369. The van der Waals surface area contributed by atoms with Crippen LogP contribution >= 0.6 is 0 Å². The smallest absolute Gasteiger partial charge is 0.127 e. The first-order chi connectivity index (χ1) is 6.40. The third kappa shape index (κ3) is 1.54. The minimum atomic E-state index is 0.459. The predicted molar refractivity (Wildman–Crippen MR) is 50.2 cm³/mol. The van der Waals surface area contributed by atoms with Crippen molar-refractivity contribution in [2.45, 2.75) is 0 Å². The van der Waals surface area contributed by atoms with E-state index in [4.69, 9.17) is 9.94 Å². The van der Waals surface area contributed by atoms with Crippen LogP contribution < -0.4 is 4.74 Å². The molecule has 1 aliphatic heterocycles. The lowest BCUT2D eigenvalue weighted by Crippen LogP contribution is -2.07. The van der Waals surface area contributed by atoms with Crippen molar-refractivity contribution in [3.63, 3.8) is 0 Å². The number of nitrogens with zero attached hydrogens (tertiary/aromatic N) is 1. The maximum Gasteiger partial charge on any atom is 0.127 e. The van der Waals surface area contributed by atoms with Gasteiger partial charge in [-0.05, 0) is 12.1 Å². The number of hydrogen-bond donors (Lipinski definition) is 1. The number of para-hydroxylation sites is 1. The van der Waals surface area contributed by atoms with Gasteiger partial charge >= 0.3 is 0 Å². The maximum absolute atomic E-state index is 8.34. The molecule has 13 heavy (non-hydrogen) atoms. The highest BCUT2D eigenvalue weighted by atomic mass is 16.5. The van der Waals surface area contributed by atoms with Crippen LogP contribution in [-0.4, -0.2) is 18.0 Å². The number of fused-ring (bicyclic) bond motifs is 1.